The van der Waals surface area contributed by atoms with Gasteiger partial charge in [0, 0.05) is 31.9 Å². The van der Waals surface area contributed by atoms with E-state index in [1.54, 1.807) is 0 Å². The van der Waals surface area contributed by atoms with E-state index in [4.69, 9.17) is 5.11 Å². The average molecular weight is 529 g/mol. The zero-order valence-electron chi connectivity index (χ0n) is 22.7. The number of aliphatic hydroxyl groups excluding tert-OH is 2. The highest BCUT2D eigenvalue weighted by molar-refractivity contribution is 6.00. The fourth-order valence-corrected chi connectivity index (χ4v) is 6.31. The minimum absolute atomic E-state index is 0.0660. The lowest BCUT2D eigenvalue weighted by molar-refractivity contribution is -0.166. The number of aliphatic hydroxyl groups is 2. The first-order valence-corrected chi connectivity index (χ1v) is 14.4. The van der Waals surface area contributed by atoms with Gasteiger partial charge in [0.2, 0.25) is 17.7 Å². The maximum absolute atomic E-state index is 13.8. The molecule has 2 atom stereocenters. The lowest BCUT2D eigenvalue weighted by atomic mass is 9.78. The molecule has 9 nitrogen and oxygen atoms in total. The predicted octanol–water partition coefficient (Wildman–Crippen LogP) is 2.41. The van der Waals surface area contributed by atoms with Gasteiger partial charge in [0.1, 0.15) is 11.6 Å². The number of piperazine rings is 1. The van der Waals surface area contributed by atoms with Crippen LogP contribution in [0, 0.1) is 5.92 Å². The Morgan fingerprint density at radius 2 is 1.82 bits per heavy atom. The van der Waals surface area contributed by atoms with Gasteiger partial charge < -0.3 is 25.7 Å². The third kappa shape index (κ3) is 6.38. The molecular formula is C29H44N4O5. The number of hydrogen-bond donors (Lipinski definition) is 4. The van der Waals surface area contributed by atoms with Crippen LogP contribution in [0.15, 0.2) is 24.3 Å². The Bertz CT molecular complexity index is 954. The number of nitrogens with one attached hydrogen (secondary N) is 2. The van der Waals surface area contributed by atoms with Crippen LogP contribution in [0.25, 0.3) is 0 Å². The van der Waals surface area contributed by atoms with Crippen LogP contribution < -0.4 is 10.6 Å². The monoisotopic (exact) mass is 528 g/mol. The number of amides is 3. The topological polar surface area (TPSA) is 122 Å². The minimum Gasteiger partial charge on any atom is -0.396 e. The maximum Gasteiger partial charge on any atom is 0.248 e. The molecule has 0 unspecified atom stereocenters. The molecule has 1 aromatic rings. The second-order valence-electron chi connectivity index (χ2n) is 11.2. The fraction of sp³-hybridized carbons (Fsp3) is 0.690. The van der Waals surface area contributed by atoms with Crippen LogP contribution >= 0.6 is 0 Å². The third-order valence-corrected chi connectivity index (χ3v) is 8.63. The first-order valence-electron chi connectivity index (χ1n) is 14.4. The Morgan fingerprint density at radius 1 is 1.13 bits per heavy atom. The zero-order chi connectivity index (χ0) is 27.1. The Labute approximate surface area is 226 Å². The number of anilines is 1. The quantitative estimate of drug-likeness (QED) is 0.370. The van der Waals surface area contributed by atoms with E-state index in [0.29, 0.717) is 44.7 Å². The number of hydrogen-bond acceptors (Lipinski definition) is 6. The van der Waals surface area contributed by atoms with E-state index in [9.17, 15) is 19.5 Å². The molecule has 3 fully saturated rings. The highest BCUT2D eigenvalue weighted by Gasteiger charge is 2.55. The summed E-state index contributed by atoms with van der Waals surface area (Å²) < 4.78 is 0. The largest absolute Gasteiger partial charge is 0.396 e. The molecule has 2 saturated heterocycles. The number of carbonyl (C=O) groups excluding carboxylic acids is 3. The molecule has 0 bridgehead atoms. The van der Waals surface area contributed by atoms with Gasteiger partial charge in [0.15, 0.2) is 0 Å². The van der Waals surface area contributed by atoms with Gasteiger partial charge in [0.05, 0.1) is 19.1 Å². The third-order valence-electron chi connectivity index (χ3n) is 8.63. The standard InChI is InChI=1S/C29H44N4O5/c1-2-3-16-33-27(37)25(26(36)22-7-5-4-6-8-22)31-28(38)29(33)14-17-32(18-15-29)20-21-9-11-23(12-10-21)30-24(35)13-19-34/h9-12,22,25-26,34,36H,2-8,13-20H2,1H3,(H,30,35)(H,31,38)/t25-,26-/m1/s1. The highest BCUT2D eigenvalue weighted by Crippen LogP contribution is 2.36. The number of rotatable bonds is 10. The summed E-state index contributed by atoms with van der Waals surface area (Å²) in [5.41, 5.74) is 0.939. The molecule has 1 aromatic carbocycles. The highest BCUT2D eigenvalue weighted by atomic mass is 16.3. The smallest absolute Gasteiger partial charge is 0.248 e. The van der Waals surface area contributed by atoms with Crippen LogP contribution in [0.2, 0.25) is 0 Å². The lowest BCUT2D eigenvalue weighted by Crippen LogP contribution is -2.75. The number of nitrogens with zero attached hydrogens (tertiary/aromatic N) is 2. The Morgan fingerprint density at radius 3 is 2.45 bits per heavy atom. The summed E-state index contributed by atoms with van der Waals surface area (Å²) in [7, 11) is 0. The number of carbonyl (C=O) groups is 3. The molecule has 1 spiro atoms. The molecule has 2 heterocycles. The van der Waals surface area contributed by atoms with Crippen molar-refractivity contribution in [3.63, 3.8) is 0 Å². The van der Waals surface area contributed by atoms with Crippen molar-refractivity contribution in [1.29, 1.82) is 0 Å². The van der Waals surface area contributed by atoms with Crippen LogP contribution in [-0.4, -0.2) is 81.7 Å². The molecule has 2 aliphatic heterocycles. The normalized spacial score (nSPS) is 23.3. The molecule has 0 radical (unpaired) electrons. The number of unbranched alkanes of at least 4 members (excludes halogenated alkanes) is 1. The molecule has 38 heavy (non-hydrogen) atoms. The van der Waals surface area contributed by atoms with E-state index in [1.807, 2.05) is 29.2 Å². The van der Waals surface area contributed by atoms with Crippen molar-refractivity contribution in [1.82, 2.24) is 15.1 Å². The van der Waals surface area contributed by atoms with Crippen LogP contribution in [0.5, 0.6) is 0 Å². The Balaban J connectivity index is 1.40. The molecule has 210 valence electrons. The van der Waals surface area contributed by atoms with Crippen molar-refractivity contribution in [3.8, 4) is 0 Å². The molecule has 3 amide bonds. The predicted molar refractivity (Wildman–Crippen MR) is 145 cm³/mol. The molecule has 3 aliphatic rings. The van der Waals surface area contributed by atoms with E-state index >= 15 is 0 Å². The summed E-state index contributed by atoms with van der Waals surface area (Å²) in [6.07, 6.45) is 7.25. The van der Waals surface area contributed by atoms with Crippen LogP contribution in [-0.2, 0) is 20.9 Å². The second kappa shape index (κ2) is 13.0. The van der Waals surface area contributed by atoms with Crippen LogP contribution in [0.3, 0.4) is 0 Å². The SMILES string of the molecule is CCCCN1C(=O)[C@@H]([C@H](O)C2CCCCC2)NC(=O)C12CCN(Cc1ccc(NC(=O)CCO)cc1)CC2. The summed E-state index contributed by atoms with van der Waals surface area (Å²) in [5.74, 6) is -0.390. The van der Waals surface area contributed by atoms with Crippen molar-refractivity contribution >= 4 is 23.4 Å². The first-order chi connectivity index (χ1) is 18.4. The van der Waals surface area contributed by atoms with Gasteiger partial charge in [-0.3, -0.25) is 19.3 Å². The number of benzene rings is 1. The molecule has 4 N–H and O–H groups in total. The van der Waals surface area contributed by atoms with Crippen molar-refractivity contribution < 1.29 is 24.6 Å². The number of piperidine rings is 1. The van der Waals surface area contributed by atoms with Crippen molar-refractivity contribution in [2.24, 2.45) is 5.92 Å². The Kier molecular flexibility index (Phi) is 9.79. The summed E-state index contributed by atoms with van der Waals surface area (Å²) in [5, 5.41) is 25.7. The molecule has 4 rings (SSSR count). The van der Waals surface area contributed by atoms with Gasteiger partial charge in [-0.05, 0) is 55.7 Å². The molecular weight excluding hydrogens is 484 g/mol. The van der Waals surface area contributed by atoms with Gasteiger partial charge in [0.25, 0.3) is 0 Å². The lowest BCUT2D eigenvalue weighted by Gasteiger charge is -2.52. The van der Waals surface area contributed by atoms with Gasteiger partial charge in [-0.1, -0.05) is 44.7 Å². The minimum atomic E-state index is -0.855. The fourth-order valence-electron chi connectivity index (χ4n) is 6.31. The van der Waals surface area contributed by atoms with Gasteiger partial charge in [-0.2, -0.15) is 0 Å². The molecule has 1 saturated carbocycles. The van der Waals surface area contributed by atoms with Crippen molar-refractivity contribution in [2.75, 3.05) is 31.6 Å². The summed E-state index contributed by atoms with van der Waals surface area (Å²) >= 11 is 0. The zero-order valence-corrected chi connectivity index (χ0v) is 22.7. The summed E-state index contributed by atoms with van der Waals surface area (Å²) in [6.45, 7) is 4.54. The summed E-state index contributed by atoms with van der Waals surface area (Å²) in [4.78, 5) is 43.2. The van der Waals surface area contributed by atoms with Crippen molar-refractivity contribution in [3.05, 3.63) is 29.8 Å². The van der Waals surface area contributed by atoms with E-state index < -0.39 is 17.7 Å². The van der Waals surface area contributed by atoms with E-state index in [2.05, 4.69) is 22.5 Å². The molecule has 0 aromatic heterocycles. The maximum atomic E-state index is 13.8. The van der Waals surface area contributed by atoms with Crippen LogP contribution in [0.4, 0.5) is 5.69 Å². The first kappa shape index (κ1) is 28.5. The van der Waals surface area contributed by atoms with E-state index in [-0.39, 0.29) is 36.7 Å². The van der Waals surface area contributed by atoms with E-state index in [0.717, 1.165) is 44.1 Å². The van der Waals surface area contributed by atoms with Gasteiger partial charge in [-0.15, -0.1) is 0 Å². The van der Waals surface area contributed by atoms with Crippen LogP contribution in [0.1, 0.15) is 76.7 Å². The second-order valence-corrected chi connectivity index (χ2v) is 11.2. The van der Waals surface area contributed by atoms with Crippen molar-refractivity contribution in [2.45, 2.75) is 95.4 Å². The van der Waals surface area contributed by atoms with Gasteiger partial charge >= 0.3 is 0 Å². The van der Waals surface area contributed by atoms with E-state index in [1.165, 1.54) is 6.42 Å². The molecule has 9 heteroatoms. The molecule has 1 aliphatic carbocycles. The number of likely N-dealkylation sites (tertiary alicyclic amines) is 1. The summed E-state index contributed by atoms with van der Waals surface area (Å²) in [6, 6.07) is 6.81. The average Bonchev–Trinajstić information content (AvgIpc) is 2.93. The van der Waals surface area contributed by atoms with Gasteiger partial charge in [-0.25, -0.2) is 0 Å². The Hall–Kier alpha value is -2.49.